The Morgan fingerprint density at radius 3 is 2.21 bits per heavy atom. The molecule has 104 valence electrons. The monoisotopic (exact) mass is 268 g/mol. The predicted molar refractivity (Wildman–Crippen MR) is 66.8 cm³/mol. The number of hydrogen-bond acceptors (Lipinski definition) is 6. The molecule has 0 N–H and O–H groups in total. The Balaban J connectivity index is 4.67. The minimum atomic E-state index is -0.808. The maximum absolute atomic E-state index is 11.3. The van der Waals surface area contributed by atoms with Gasteiger partial charge in [-0.05, 0) is 13.0 Å². The maximum atomic E-state index is 11.3. The fourth-order valence-corrected chi connectivity index (χ4v) is 0.985. The first kappa shape index (κ1) is 16.6. The quantitative estimate of drug-likeness (QED) is 0.299. The third kappa shape index (κ3) is 6.82. The van der Waals surface area contributed by atoms with Crippen molar-refractivity contribution in [1.82, 2.24) is 0 Å². The van der Waals surface area contributed by atoms with Gasteiger partial charge in [0, 0.05) is 18.6 Å². The molecule has 1 unspecified atom stereocenters. The topological polar surface area (TPSA) is 78.9 Å². The lowest BCUT2D eigenvalue weighted by atomic mass is 10.2. The number of rotatable bonds is 7. The molecule has 0 aliphatic carbocycles. The second-order valence-corrected chi connectivity index (χ2v) is 3.37. The molecule has 0 aromatic carbocycles. The summed E-state index contributed by atoms with van der Waals surface area (Å²) in [6.45, 7) is 8.08. The van der Waals surface area contributed by atoms with E-state index >= 15 is 0 Å². The number of carbonyl (C=O) groups excluding carboxylic acids is 3. The van der Waals surface area contributed by atoms with E-state index in [2.05, 4.69) is 17.9 Å². The van der Waals surface area contributed by atoms with Crippen molar-refractivity contribution in [2.24, 2.45) is 0 Å². The smallest absolute Gasteiger partial charge is 0.373 e. The minimum Gasteiger partial charge on any atom is -0.463 e. The summed E-state index contributed by atoms with van der Waals surface area (Å²) in [4.78, 5) is 33.3. The van der Waals surface area contributed by atoms with Gasteiger partial charge in [-0.1, -0.05) is 13.2 Å². The van der Waals surface area contributed by atoms with Crippen LogP contribution < -0.4 is 0 Å². The first-order valence-electron chi connectivity index (χ1n) is 5.40. The molecule has 0 saturated heterocycles. The molecule has 6 heteroatoms. The normalized spacial score (nSPS) is 12.0. The van der Waals surface area contributed by atoms with Crippen LogP contribution in [0.5, 0.6) is 0 Å². The van der Waals surface area contributed by atoms with Crippen LogP contribution in [-0.2, 0) is 28.6 Å². The van der Waals surface area contributed by atoms with Crippen molar-refractivity contribution >= 4 is 17.9 Å². The average Bonchev–Trinajstić information content (AvgIpc) is 2.41. The van der Waals surface area contributed by atoms with Crippen LogP contribution in [0.3, 0.4) is 0 Å². The van der Waals surface area contributed by atoms with Gasteiger partial charge >= 0.3 is 17.9 Å². The molecule has 0 amide bonds. The molecule has 0 aromatic rings. The highest BCUT2D eigenvalue weighted by molar-refractivity contribution is 5.92. The average molecular weight is 268 g/mol. The highest BCUT2D eigenvalue weighted by Gasteiger charge is 2.15. The Bertz CT molecular complexity index is 407. The van der Waals surface area contributed by atoms with Crippen LogP contribution >= 0.6 is 0 Å². The van der Waals surface area contributed by atoms with Crippen molar-refractivity contribution in [3.63, 3.8) is 0 Å². The number of carbonyl (C=O) groups is 3. The van der Waals surface area contributed by atoms with Gasteiger partial charge in [-0.3, -0.25) is 0 Å². The van der Waals surface area contributed by atoms with Crippen LogP contribution in [0.15, 0.2) is 37.1 Å². The third-order valence-electron chi connectivity index (χ3n) is 1.88. The lowest BCUT2D eigenvalue weighted by molar-refractivity contribution is -0.147. The Labute approximate surface area is 111 Å². The van der Waals surface area contributed by atoms with E-state index in [9.17, 15) is 14.4 Å². The first-order valence-corrected chi connectivity index (χ1v) is 5.40. The van der Waals surface area contributed by atoms with Gasteiger partial charge in [-0.15, -0.1) is 0 Å². The van der Waals surface area contributed by atoms with Crippen LogP contribution in [0.4, 0.5) is 0 Å². The van der Waals surface area contributed by atoms with Crippen molar-refractivity contribution in [3.8, 4) is 0 Å². The van der Waals surface area contributed by atoms with Gasteiger partial charge in [-0.2, -0.15) is 0 Å². The molecular formula is C13H16O6. The molecular weight excluding hydrogens is 252 g/mol. The van der Waals surface area contributed by atoms with E-state index in [0.717, 1.165) is 19.3 Å². The van der Waals surface area contributed by atoms with Crippen molar-refractivity contribution in [2.45, 2.75) is 19.4 Å². The standard InChI is InChI=1S/C13H16O6/c1-5-11(14)18-9(3)7-8-10(13(16)17-4)19-12(15)6-2/h5-6,8-9H,1-2,7H2,3-4H3. The van der Waals surface area contributed by atoms with Gasteiger partial charge in [0.15, 0.2) is 0 Å². The van der Waals surface area contributed by atoms with Crippen LogP contribution in [0, 0.1) is 0 Å². The first-order chi connectivity index (χ1) is 8.94. The maximum Gasteiger partial charge on any atom is 0.373 e. The molecule has 0 saturated carbocycles. The molecule has 0 aliphatic heterocycles. The van der Waals surface area contributed by atoms with Crippen LogP contribution in [0.1, 0.15) is 13.3 Å². The van der Waals surface area contributed by atoms with Crippen LogP contribution in [-0.4, -0.2) is 31.1 Å². The summed E-state index contributed by atoms with van der Waals surface area (Å²) in [5.41, 5.74) is 0. The molecule has 19 heavy (non-hydrogen) atoms. The van der Waals surface area contributed by atoms with Crippen LogP contribution in [0.2, 0.25) is 0 Å². The molecule has 0 rings (SSSR count). The van der Waals surface area contributed by atoms with Crippen LogP contribution in [0.25, 0.3) is 0 Å². The Morgan fingerprint density at radius 1 is 1.16 bits per heavy atom. The zero-order valence-corrected chi connectivity index (χ0v) is 10.9. The van der Waals surface area contributed by atoms with E-state index < -0.39 is 24.0 Å². The Hall–Kier alpha value is -2.37. The van der Waals surface area contributed by atoms with Crippen molar-refractivity contribution in [1.29, 1.82) is 0 Å². The van der Waals surface area contributed by atoms with Gasteiger partial charge in [0.05, 0.1) is 7.11 Å². The molecule has 0 fully saturated rings. The third-order valence-corrected chi connectivity index (χ3v) is 1.88. The zero-order valence-electron chi connectivity index (χ0n) is 10.9. The highest BCUT2D eigenvalue weighted by atomic mass is 16.6. The van der Waals surface area contributed by atoms with Crippen molar-refractivity contribution < 1.29 is 28.6 Å². The summed E-state index contributed by atoms with van der Waals surface area (Å²) in [6.07, 6.45) is 2.91. The highest BCUT2D eigenvalue weighted by Crippen LogP contribution is 2.07. The molecule has 6 nitrogen and oxygen atoms in total. The van der Waals surface area contributed by atoms with Gasteiger partial charge in [0.2, 0.25) is 5.76 Å². The number of esters is 3. The lowest BCUT2D eigenvalue weighted by Gasteiger charge is -2.10. The van der Waals surface area contributed by atoms with E-state index in [-0.39, 0.29) is 12.2 Å². The number of hydrogen-bond donors (Lipinski definition) is 0. The fourth-order valence-electron chi connectivity index (χ4n) is 0.985. The summed E-state index contributed by atoms with van der Waals surface area (Å²) in [6, 6.07) is 0. The van der Waals surface area contributed by atoms with Crippen molar-refractivity contribution in [2.75, 3.05) is 7.11 Å². The van der Waals surface area contributed by atoms with Gasteiger partial charge in [0.1, 0.15) is 6.10 Å². The molecule has 0 radical (unpaired) electrons. The zero-order chi connectivity index (χ0) is 14.8. The Morgan fingerprint density at radius 2 is 1.74 bits per heavy atom. The summed E-state index contributed by atoms with van der Waals surface area (Å²) in [5.74, 6) is -2.46. The molecule has 0 bridgehead atoms. The predicted octanol–water partition coefficient (Wildman–Crippen LogP) is 1.28. The fraction of sp³-hybridized carbons (Fsp3) is 0.308. The second kappa shape index (κ2) is 8.68. The SMILES string of the molecule is C=CC(=O)OC(=CCC(C)OC(=O)C=C)C(=O)OC. The Kier molecular flexibility index (Phi) is 7.60. The summed E-state index contributed by atoms with van der Waals surface area (Å²) >= 11 is 0. The largest absolute Gasteiger partial charge is 0.463 e. The van der Waals surface area contributed by atoms with Gasteiger partial charge < -0.3 is 14.2 Å². The number of ether oxygens (including phenoxy) is 3. The summed E-state index contributed by atoms with van der Waals surface area (Å²) < 4.78 is 14.0. The van der Waals surface area contributed by atoms with E-state index in [1.165, 1.54) is 6.08 Å². The van der Waals surface area contributed by atoms with E-state index in [0.29, 0.717) is 0 Å². The second-order valence-electron chi connectivity index (χ2n) is 3.37. The lowest BCUT2D eigenvalue weighted by Crippen LogP contribution is -2.15. The summed E-state index contributed by atoms with van der Waals surface area (Å²) in [7, 11) is 1.15. The summed E-state index contributed by atoms with van der Waals surface area (Å²) in [5, 5.41) is 0. The molecule has 0 aliphatic rings. The van der Waals surface area contributed by atoms with E-state index in [1.807, 2.05) is 0 Å². The molecule has 0 spiro atoms. The molecule has 0 heterocycles. The van der Waals surface area contributed by atoms with E-state index in [1.54, 1.807) is 6.92 Å². The van der Waals surface area contributed by atoms with Crippen molar-refractivity contribution in [3.05, 3.63) is 37.1 Å². The molecule has 0 aromatic heterocycles. The van der Waals surface area contributed by atoms with E-state index in [4.69, 9.17) is 9.47 Å². The van der Waals surface area contributed by atoms with Gasteiger partial charge in [0.25, 0.3) is 0 Å². The van der Waals surface area contributed by atoms with Gasteiger partial charge in [-0.25, -0.2) is 14.4 Å². The minimum absolute atomic E-state index is 0.175. The number of methoxy groups -OCH3 is 1. The molecule has 1 atom stereocenters.